The third kappa shape index (κ3) is 4.69. The van der Waals surface area contributed by atoms with Crippen molar-refractivity contribution in [1.82, 2.24) is 0 Å². The summed E-state index contributed by atoms with van der Waals surface area (Å²) in [6.07, 6.45) is -5.59. The Labute approximate surface area is 90.6 Å². The van der Waals surface area contributed by atoms with E-state index in [-0.39, 0.29) is 13.2 Å². The van der Waals surface area contributed by atoms with E-state index in [9.17, 15) is 22.0 Å². The number of aliphatic hydroxyl groups is 1. The molecule has 0 saturated carbocycles. The Balaban J connectivity index is 3.89. The van der Waals surface area contributed by atoms with Gasteiger partial charge in [0.15, 0.2) is 0 Å². The standard InChI is InChI=1S/C6H8F5IO2/c7-5(8,6(9,10)11)3-14-2-4(12)1-13/h4,13H,1-3H2. The lowest BCUT2D eigenvalue weighted by molar-refractivity contribution is -0.296. The predicted molar refractivity (Wildman–Crippen MR) is 46.7 cm³/mol. The summed E-state index contributed by atoms with van der Waals surface area (Å²) in [6, 6.07) is 0. The second-order valence-corrected chi connectivity index (χ2v) is 4.26. The molecular formula is C6H8F5IO2. The van der Waals surface area contributed by atoms with Gasteiger partial charge in [-0.1, -0.05) is 22.6 Å². The summed E-state index contributed by atoms with van der Waals surface area (Å²) in [4.78, 5) is 0. The summed E-state index contributed by atoms with van der Waals surface area (Å²) >= 11 is 1.68. The van der Waals surface area contributed by atoms with Crippen LogP contribution in [0.1, 0.15) is 0 Å². The van der Waals surface area contributed by atoms with Crippen LogP contribution in [0.15, 0.2) is 0 Å². The number of alkyl halides is 6. The number of ether oxygens (including phenoxy) is 1. The maximum Gasteiger partial charge on any atom is 0.455 e. The molecule has 0 radical (unpaired) electrons. The summed E-state index contributed by atoms with van der Waals surface area (Å²) in [5.41, 5.74) is 0. The van der Waals surface area contributed by atoms with E-state index >= 15 is 0 Å². The Hall–Kier alpha value is 0.300. The second kappa shape index (κ2) is 5.40. The normalized spacial score (nSPS) is 15.6. The van der Waals surface area contributed by atoms with Crippen molar-refractivity contribution in [3.63, 3.8) is 0 Å². The average molecular weight is 334 g/mol. The Morgan fingerprint density at radius 3 is 2.07 bits per heavy atom. The van der Waals surface area contributed by atoms with Crippen molar-refractivity contribution >= 4 is 22.6 Å². The van der Waals surface area contributed by atoms with Gasteiger partial charge in [-0.25, -0.2) is 0 Å². The monoisotopic (exact) mass is 334 g/mol. The Kier molecular flexibility index (Phi) is 5.52. The molecule has 0 aromatic heterocycles. The van der Waals surface area contributed by atoms with Crippen LogP contribution in [-0.4, -0.2) is 41.0 Å². The van der Waals surface area contributed by atoms with Gasteiger partial charge in [0.25, 0.3) is 0 Å². The Bertz CT molecular complexity index is 172. The minimum atomic E-state index is -5.59. The van der Waals surface area contributed by atoms with Crippen molar-refractivity contribution in [2.75, 3.05) is 19.8 Å². The third-order valence-electron chi connectivity index (χ3n) is 1.19. The van der Waals surface area contributed by atoms with Crippen LogP contribution in [0.5, 0.6) is 0 Å². The minimum Gasteiger partial charge on any atom is -0.395 e. The molecule has 86 valence electrons. The zero-order valence-corrected chi connectivity index (χ0v) is 8.98. The topological polar surface area (TPSA) is 29.5 Å². The predicted octanol–water partition coefficient (Wildman–Crippen LogP) is 2.00. The molecule has 0 bridgehead atoms. The van der Waals surface area contributed by atoms with Crippen molar-refractivity contribution in [1.29, 1.82) is 0 Å². The van der Waals surface area contributed by atoms with E-state index in [1.807, 2.05) is 0 Å². The molecule has 1 atom stereocenters. The van der Waals surface area contributed by atoms with E-state index in [4.69, 9.17) is 5.11 Å². The minimum absolute atomic E-state index is 0.335. The lowest BCUT2D eigenvalue weighted by Gasteiger charge is -2.19. The van der Waals surface area contributed by atoms with E-state index in [0.717, 1.165) is 0 Å². The van der Waals surface area contributed by atoms with Gasteiger partial charge in [-0.15, -0.1) is 0 Å². The Morgan fingerprint density at radius 2 is 1.71 bits per heavy atom. The maximum absolute atomic E-state index is 12.2. The molecular weight excluding hydrogens is 326 g/mol. The molecule has 8 heteroatoms. The molecule has 2 nitrogen and oxygen atoms in total. The van der Waals surface area contributed by atoms with Gasteiger partial charge in [-0.05, 0) is 0 Å². The van der Waals surface area contributed by atoms with Gasteiger partial charge in [0.1, 0.15) is 6.61 Å². The maximum atomic E-state index is 12.2. The van der Waals surface area contributed by atoms with Gasteiger partial charge in [-0.3, -0.25) is 0 Å². The molecule has 14 heavy (non-hydrogen) atoms. The molecule has 0 rings (SSSR count). The van der Waals surface area contributed by atoms with Crippen molar-refractivity contribution in [2.24, 2.45) is 0 Å². The van der Waals surface area contributed by atoms with Gasteiger partial charge in [-0.2, -0.15) is 22.0 Å². The largest absolute Gasteiger partial charge is 0.455 e. The van der Waals surface area contributed by atoms with E-state index in [0.29, 0.717) is 0 Å². The fourth-order valence-electron chi connectivity index (χ4n) is 0.450. The van der Waals surface area contributed by atoms with Crippen LogP contribution >= 0.6 is 22.6 Å². The highest BCUT2D eigenvalue weighted by Crippen LogP contribution is 2.35. The molecule has 0 aromatic rings. The van der Waals surface area contributed by atoms with E-state index < -0.39 is 22.6 Å². The number of hydrogen-bond donors (Lipinski definition) is 1. The first-order valence-electron chi connectivity index (χ1n) is 3.48. The van der Waals surface area contributed by atoms with Crippen molar-refractivity contribution in [2.45, 2.75) is 16.0 Å². The third-order valence-corrected chi connectivity index (χ3v) is 1.95. The first kappa shape index (κ1) is 14.3. The van der Waals surface area contributed by atoms with Crippen LogP contribution in [0.3, 0.4) is 0 Å². The van der Waals surface area contributed by atoms with Crippen molar-refractivity contribution < 1.29 is 31.8 Å². The number of aliphatic hydroxyl groups excluding tert-OH is 1. The molecule has 0 aromatic carbocycles. The van der Waals surface area contributed by atoms with Crippen molar-refractivity contribution in [3.8, 4) is 0 Å². The van der Waals surface area contributed by atoms with Crippen LogP contribution in [0.2, 0.25) is 0 Å². The van der Waals surface area contributed by atoms with Gasteiger partial charge in [0.05, 0.1) is 17.1 Å². The zero-order valence-electron chi connectivity index (χ0n) is 6.82. The van der Waals surface area contributed by atoms with Crippen LogP contribution in [0, 0.1) is 0 Å². The summed E-state index contributed by atoms with van der Waals surface area (Å²) in [5, 5.41) is 8.43. The van der Waals surface area contributed by atoms with Gasteiger partial charge >= 0.3 is 12.1 Å². The molecule has 0 aliphatic heterocycles. The average Bonchev–Trinajstić information content (AvgIpc) is 2.01. The highest BCUT2D eigenvalue weighted by molar-refractivity contribution is 14.1. The van der Waals surface area contributed by atoms with Crippen LogP contribution in [0.25, 0.3) is 0 Å². The first-order valence-corrected chi connectivity index (χ1v) is 4.72. The molecule has 1 unspecified atom stereocenters. The number of halogens is 6. The lowest BCUT2D eigenvalue weighted by atomic mass is 10.3. The Morgan fingerprint density at radius 1 is 1.21 bits per heavy atom. The van der Waals surface area contributed by atoms with Crippen LogP contribution in [-0.2, 0) is 4.74 Å². The SMILES string of the molecule is OCC(I)COCC(F)(F)C(F)(F)F. The van der Waals surface area contributed by atoms with Gasteiger partial charge in [0, 0.05) is 0 Å². The quantitative estimate of drug-likeness (QED) is 0.473. The first-order chi connectivity index (χ1) is 6.20. The zero-order chi connectivity index (χ0) is 11.4. The van der Waals surface area contributed by atoms with Gasteiger partial charge in [0.2, 0.25) is 0 Å². The van der Waals surface area contributed by atoms with E-state index in [2.05, 4.69) is 4.74 Å². The molecule has 0 fully saturated rings. The molecule has 0 aliphatic carbocycles. The molecule has 1 N–H and O–H groups in total. The number of rotatable bonds is 5. The second-order valence-electron chi connectivity index (χ2n) is 2.50. The fraction of sp³-hybridized carbons (Fsp3) is 1.00. The summed E-state index contributed by atoms with van der Waals surface area (Å²) in [5.74, 6) is -4.83. The van der Waals surface area contributed by atoms with E-state index in [1.165, 1.54) is 0 Å². The highest BCUT2D eigenvalue weighted by atomic mass is 127. The number of hydrogen-bond acceptors (Lipinski definition) is 2. The molecule has 0 saturated heterocycles. The van der Waals surface area contributed by atoms with E-state index in [1.54, 1.807) is 22.6 Å². The van der Waals surface area contributed by atoms with Crippen LogP contribution < -0.4 is 0 Å². The highest BCUT2D eigenvalue weighted by Gasteiger charge is 2.57. The van der Waals surface area contributed by atoms with Crippen LogP contribution in [0.4, 0.5) is 22.0 Å². The fourth-order valence-corrected chi connectivity index (χ4v) is 0.704. The van der Waals surface area contributed by atoms with Crippen molar-refractivity contribution in [3.05, 3.63) is 0 Å². The lowest BCUT2D eigenvalue weighted by Crippen LogP contribution is -2.41. The smallest absolute Gasteiger partial charge is 0.395 e. The molecule has 0 aliphatic rings. The summed E-state index contributed by atoms with van der Waals surface area (Å²) in [7, 11) is 0. The molecule has 0 heterocycles. The molecule has 0 amide bonds. The van der Waals surface area contributed by atoms with Gasteiger partial charge < -0.3 is 9.84 Å². The summed E-state index contributed by atoms with van der Waals surface area (Å²) < 4.78 is 62.7. The molecule has 0 spiro atoms. The summed E-state index contributed by atoms with van der Waals surface area (Å²) in [6.45, 7) is -2.39.